The van der Waals surface area contributed by atoms with Gasteiger partial charge in [-0.15, -0.1) is 11.3 Å². The van der Waals surface area contributed by atoms with Crippen LogP contribution in [0.1, 0.15) is 37.9 Å². The summed E-state index contributed by atoms with van der Waals surface area (Å²) in [4.78, 5) is 20.8. The maximum Gasteiger partial charge on any atom is 0.223 e. The van der Waals surface area contributed by atoms with Gasteiger partial charge in [0.05, 0.1) is 10.7 Å². The van der Waals surface area contributed by atoms with Crippen molar-refractivity contribution in [2.75, 3.05) is 32.7 Å². The van der Waals surface area contributed by atoms with E-state index >= 15 is 0 Å². The molecule has 0 atom stereocenters. The fourth-order valence-corrected chi connectivity index (χ4v) is 3.29. The van der Waals surface area contributed by atoms with Crippen LogP contribution in [0.2, 0.25) is 0 Å². The largest absolute Gasteiger partial charge is 0.340 e. The molecular formula is C15H26N4OS. The molecule has 1 fully saturated rings. The molecule has 21 heavy (non-hydrogen) atoms. The first kappa shape index (κ1) is 16.4. The van der Waals surface area contributed by atoms with E-state index in [2.05, 4.69) is 31.1 Å². The third-order valence-electron chi connectivity index (χ3n) is 3.66. The first-order valence-electron chi connectivity index (χ1n) is 7.55. The van der Waals surface area contributed by atoms with Crippen LogP contribution >= 0.6 is 11.3 Å². The van der Waals surface area contributed by atoms with E-state index in [9.17, 15) is 4.79 Å². The molecule has 0 bridgehead atoms. The number of hydrogen-bond acceptors (Lipinski definition) is 5. The van der Waals surface area contributed by atoms with E-state index in [4.69, 9.17) is 10.7 Å². The molecule has 2 heterocycles. The zero-order valence-corrected chi connectivity index (χ0v) is 14.1. The fourth-order valence-electron chi connectivity index (χ4n) is 2.39. The lowest BCUT2D eigenvalue weighted by Crippen LogP contribution is -2.48. The van der Waals surface area contributed by atoms with Gasteiger partial charge in [-0.05, 0) is 0 Å². The summed E-state index contributed by atoms with van der Waals surface area (Å²) in [7, 11) is 0. The van der Waals surface area contributed by atoms with E-state index in [1.165, 1.54) is 5.01 Å². The molecule has 0 saturated carbocycles. The average molecular weight is 310 g/mol. The van der Waals surface area contributed by atoms with Crippen LogP contribution < -0.4 is 5.73 Å². The molecule has 0 aromatic carbocycles. The zero-order chi connectivity index (χ0) is 15.5. The van der Waals surface area contributed by atoms with Crippen LogP contribution in [0, 0.1) is 0 Å². The van der Waals surface area contributed by atoms with Crippen molar-refractivity contribution in [2.45, 2.75) is 39.2 Å². The van der Waals surface area contributed by atoms with Crippen molar-refractivity contribution in [1.29, 1.82) is 0 Å². The van der Waals surface area contributed by atoms with Crippen LogP contribution in [0.4, 0.5) is 0 Å². The lowest BCUT2D eigenvalue weighted by atomic mass is 9.98. The van der Waals surface area contributed by atoms with E-state index in [1.807, 2.05) is 4.90 Å². The van der Waals surface area contributed by atoms with Gasteiger partial charge in [0.15, 0.2) is 0 Å². The molecule has 1 aromatic rings. The lowest BCUT2D eigenvalue weighted by Gasteiger charge is -2.34. The smallest absolute Gasteiger partial charge is 0.223 e. The van der Waals surface area contributed by atoms with Gasteiger partial charge >= 0.3 is 0 Å². The number of hydrogen-bond donors (Lipinski definition) is 1. The minimum Gasteiger partial charge on any atom is -0.340 e. The number of carbonyl (C=O) groups excluding carboxylic acids is 1. The molecule has 1 aliphatic heterocycles. The second kappa shape index (κ2) is 6.85. The molecule has 6 heteroatoms. The predicted octanol–water partition coefficient (Wildman–Crippen LogP) is 1.43. The summed E-state index contributed by atoms with van der Waals surface area (Å²) < 4.78 is 0. The van der Waals surface area contributed by atoms with Gasteiger partial charge < -0.3 is 10.6 Å². The number of carbonyl (C=O) groups is 1. The summed E-state index contributed by atoms with van der Waals surface area (Å²) in [5.74, 6) is 0.181. The molecule has 2 N–H and O–H groups in total. The van der Waals surface area contributed by atoms with Crippen molar-refractivity contribution in [3.8, 4) is 0 Å². The Morgan fingerprint density at radius 3 is 2.52 bits per heavy atom. The lowest BCUT2D eigenvalue weighted by molar-refractivity contribution is -0.132. The Hall–Kier alpha value is -0.980. The molecule has 5 nitrogen and oxygen atoms in total. The van der Waals surface area contributed by atoms with E-state index in [1.54, 1.807) is 11.3 Å². The Bertz CT molecular complexity index is 472. The van der Waals surface area contributed by atoms with Crippen molar-refractivity contribution in [3.05, 3.63) is 16.1 Å². The quantitative estimate of drug-likeness (QED) is 0.914. The van der Waals surface area contributed by atoms with Crippen molar-refractivity contribution in [3.63, 3.8) is 0 Å². The van der Waals surface area contributed by atoms with Crippen molar-refractivity contribution in [1.82, 2.24) is 14.8 Å². The molecule has 118 valence electrons. The molecule has 0 spiro atoms. The molecule has 1 aromatic heterocycles. The van der Waals surface area contributed by atoms with Crippen LogP contribution in [0.3, 0.4) is 0 Å². The summed E-state index contributed by atoms with van der Waals surface area (Å²) in [5.41, 5.74) is 6.70. The SMILES string of the molecule is CC(C)(C)c1nc(CN2CCN(C(=O)CCN)CC2)cs1. The van der Waals surface area contributed by atoms with Crippen molar-refractivity contribution in [2.24, 2.45) is 5.73 Å². The van der Waals surface area contributed by atoms with Crippen molar-refractivity contribution < 1.29 is 4.79 Å². The van der Waals surface area contributed by atoms with Gasteiger partial charge in [-0.1, -0.05) is 20.8 Å². The number of nitrogens with two attached hydrogens (primary N) is 1. The number of piperazine rings is 1. The van der Waals surface area contributed by atoms with Crippen LogP contribution in [0.25, 0.3) is 0 Å². The first-order valence-corrected chi connectivity index (χ1v) is 8.43. The summed E-state index contributed by atoms with van der Waals surface area (Å²) in [6.45, 7) is 11.3. The molecule has 1 aliphatic rings. The van der Waals surface area contributed by atoms with Gasteiger partial charge in [0.2, 0.25) is 5.91 Å². The third-order valence-corrected chi connectivity index (χ3v) is 4.98. The number of rotatable bonds is 4. The molecule has 0 aliphatic carbocycles. The van der Waals surface area contributed by atoms with E-state index in [0.717, 1.165) is 38.4 Å². The predicted molar refractivity (Wildman–Crippen MR) is 86.3 cm³/mol. The molecule has 2 rings (SSSR count). The minimum absolute atomic E-state index is 0.121. The Balaban J connectivity index is 1.83. The number of aromatic nitrogens is 1. The number of amides is 1. The van der Waals surface area contributed by atoms with E-state index < -0.39 is 0 Å². The average Bonchev–Trinajstić information content (AvgIpc) is 2.88. The Morgan fingerprint density at radius 1 is 1.33 bits per heavy atom. The maximum absolute atomic E-state index is 11.8. The minimum atomic E-state index is 0.121. The number of thiazole rings is 1. The topological polar surface area (TPSA) is 62.5 Å². The second-order valence-electron chi connectivity index (χ2n) is 6.59. The maximum atomic E-state index is 11.8. The standard InChI is InChI=1S/C15H26N4OS/c1-15(2,3)14-17-12(11-21-14)10-18-6-8-19(9-7-18)13(20)4-5-16/h11H,4-10,16H2,1-3H3. The van der Waals surface area contributed by atoms with E-state index in [-0.39, 0.29) is 11.3 Å². The van der Waals surface area contributed by atoms with Crippen LogP contribution in [0.5, 0.6) is 0 Å². The van der Waals surface area contributed by atoms with E-state index in [0.29, 0.717) is 13.0 Å². The zero-order valence-electron chi connectivity index (χ0n) is 13.3. The Morgan fingerprint density at radius 2 is 2.00 bits per heavy atom. The fraction of sp³-hybridized carbons (Fsp3) is 0.733. The monoisotopic (exact) mass is 310 g/mol. The van der Waals surface area contributed by atoms with Crippen LogP contribution in [-0.4, -0.2) is 53.4 Å². The van der Waals surface area contributed by atoms with Gasteiger partial charge in [0.1, 0.15) is 0 Å². The van der Waals surface area contributed by atoms with Gasteiger partial charge in [-0.3, -0.25) is 9.69 Å². The molecule has 0 unspecified atom stereocenters. The van der Waals surface area contributed by atoms with Crippen LogP contribution in [-0.2, 0) is 16.8 Å². The molecule has 0 radical (unpaired) electrons. The highest BCUT2D eigenvalue weighted by Gasteiger charge is 2.22. The van der Waals surface area contributed by atoms with Crippen molar-refractivity contribution >= 4 is 17.2 Å². The highest BCUT2D eigenvalue weighted by molar-refractivity contribution is 7.09. The second-order valence-corrected chi connectivity index (χ2v) is 7.45. The highest BCUT2D eigenvalue weighted by atomic mass is 32.1. The Kier molecular flexibility index (Phi) is 5.35. The Labute approximate surface area is 131 Å². The molecule has 1 saturated heterocycles. The summed E-state index contributed by atoms with van der Waals surface area (Å²) in [6, 6.07) is 0. The molecular weight excluding hydrogens is 284 g/mol. The normalized spacial score (nSPS) is 17.2. The van der Waals surface area contributed by atoms with Gasteiger partial charge in [-0.25, -0.2) is 4.98 Å². The summed E-state index contributed by atoms with van der Waals surface area (Å²) in [6.07, 6.45) is 0.459. The van der Waals surface area contributed by atoms with Crippen LogP contribution in [0.15, 0.2) is 5.38 Å². The first-order chi connectivity index (χ1) is 9.90. The highest BCUT2D eigenvalue weighted by Crippen LogP contribution is 2.26. The van der Waals surface area contributed by atoms with Gasteiger partial charge in [0, 0.05) is 56.5 Å². The summed E-state index contributed by atoms with van der Waals surface area (Å²) in [5, 5.41) is 3.35. The van der Waals surface area contributed by atoms with Gasteiger partial charge in [0.25, 0.3) is 0 Å². The third kappa shape index (κ3) is 4.49. The number of nitrogens with zero attached hydrogens (tertiary/aromatic N) is 3. The summed E-state index contributed by atoms with van der Waals surface area (Å²) >= 11 is 1.74. The molecule has 1 amide bonds. The van der Waals surface area contributed by atoms with Gasteiger partial charge in [-0.2, -0.15) is 0 Å².